The van der Waals surface area contributed by atoms with Gasteiger partial charge in [-0.2, -0.15) is 0 Å². The van der Waals surface area contributed by atoms with Gasteiger partial charge in [0.15, 0.2) is 0 Å². The molecule has 4 nitrogen and oxygen atoms in total. The Morgan fingerprint density at radius 3 is 2.57 bits per heavy atom. The maximum Gasteiger partial charge on any atom is 0.222 e. The molecule has 1 amide bonds. The molecule has 6 heteroatoms. The third kappa shape index (κ3) is 3.91. The van der Waals surface area contributed by atoms with Crippen molar-refractivity contribution in [3.8, 4) is 0 Å². The van der Waals surface area contributed by atoms with Crippen LogP contribution in [0.1, 0.15) is 22.2 Å². The first-order chi connectivity index (χ1) is 10.3. The van der Waals surface area contributed by atoms with Gasteiger partial charge in [-0.1, -0.05) is 12.1 Å². The van der Waals surface area contributed by atoms with Crippen LogP contribution in [0.15, 0.2) is 35.0 Å². The Labute approximate surface area is 132 Å². The largest absolute Gasteiger partial charge is 0.378 e. The molecule has 3 rings (SSSR count). The van der Waals surface area contributed by atoms with Gasteiger partial charge in [0.2, 0.25) is 5.91 Å². The average molecular weight is 322 g/mol. The van der Waals surface area contributed by atoms with E-state index in [2.05, 4.69) is 22.8 Å². The van der Waals surface area contributed by atoms with Crippen molar-refractivity contribution in [2.24, 2.45) is 0 Å². The molecule has 0 spiro atoms. The van der Waals surface area contributed by atoms with E-state index in [0.717, 1.165) is 13.2 Å². The van der Waals surface area contributed by atoms with Crippen molar-refractivity contribution in [2.75, 3.05) is 19.8 Å². The molecule has 21 heavy (non-hydrogen) atoms. The van der Waals surface area contributed by atoms with Gasteiger partial charge in [0.1, 0.15) is 0 Å². The summed E-state index contributed by atoms with van der Waals surface area (Å²) in [7, 11) is 0. The lowest BCUT2D eigenvalue weighted by Gasteiger charge is -2.24. The van der Waals surface area contributed by atoms with Gasteiger partial charge < -0.3 is 15.4 Å². The number of hydrogen-bond acceptors (Lipinski definition) is 5. The van der Waals surface area contributed by atoms with Crippen LogP contribution < -0.4 is 10.6 Å². The van der Waals surface area contributed by atoms with Gasteiger partial charge in [-0.25, -0.2) is 0 Å². The van der Waals surface area contributed by atoms with E-state index in [4.69, 9.17) is 4.74 Å². The minimum atomic E-state index is -0.0398. The van der Waals surface area contributed by atoms with Crippen molar-refractivity contribution in [3.05, 3.63) is 44.8 Å². The lowest BCUT2D eigenvalue weighted by Crippen LogP contribution is -2.44. The van der Waals surface area contributed by atoms with Gasteiger partial charge in [0.05, 0.1) is 19.3 Å². The molecular weight excluding hydrogens is 304 g/mol. The number of thiophene rings is 2. The minimum Gasteiger partial charge on any atom is -0.378 e. The fourth-order valence-electron chi connectivity index (χ4n) is 2.39. The van der Waals surface area contributed by atoms with E-state index in [1.54, 1.807) is 22.7 Å². The highest BCUT2D eigenvalue weighted by atomic mass is 32.1. The second-order valence-corrected chi connectivity index (χ2v) is 6.92. The summed E-state index contributed by atoms with van der Waals surface area (Å²) in [5.74, 6) is 0.0600. The highest BCUT2D eigenvalue weighted by molar-refractivity contribution is 7.11. The Balaban J connectivity index is 1.65. The molecule has 0 radical (unpaired) electrons. The summed E-state index contributed by atoms with van der Waals surface area (Å²) in [5.41, 5.74) is 0. The number of nitrogens with one attached hydrogen (secondary N) is 2. The number of hydrogen-bond donors (Lipinski definition) is 2. The fourth-order valence-corrected chi connectivity index (χ4v) is 4.05. The number of ether oxygens (including phenoxy) is 1. The summed E-state index contributed by atoms with van der Waals surface area (Å²) in [6, 6.07) is 8.24. The third-order valence-electron chi connectivity index (χ3n) is 3.39. The SMILES string of the molecule is O=C(CC1COCCN1)NC(c1cccs1)c1cccs1. The van der Waals surface area contributed by atoms with E-state index in [0.29, 0.717) is 13.0 Å². The molecule has 1 saturated heterocycles. The van der Waals surface area contributed by atoms with E-state index >= 15 is 0 Å². The molecule has 3 heterocycles. The van der Waals surface area contributed by atoms with Gasteiger partial charge in [-0.05, 0) is 22.9 Å². The van der Waals surface area contributed by atoms with Crippen LogP contribution in [0.5, 0.6) is 0 Å². The standard InChI is InChI=1S/C15H18N2O2S2/c18-14(9-11-10-19-6-5-16-11)17-15(12-3-1-7-20-12)13-4-2-8-21-13/h1-4,7-8,11,15-16H,5-6,9-10H2,(H,17,18). The van der Waals surface area contributed by atoms with E-state index in [9.17, 15) is 4.79 Å². The number of carbonyl (C=O) groups is 1. The van der Waals surface area contributed by atoms with Crippen LogP contribution in [0.25, 0.3) is 0 Å². The highest BCUT2D eigenvalue weighted by Crippen LogP contribution is 2.29. The molecule has 0 aromatic carbocycles. The molecule has 1 aliphatic rings. The molecule has 1 aliphatic heterocycles. The predicted octanol–water partition coefficient (Wildman–Crippen LogP) is 2.39. The van der Waals surface area contributed by atoms with E-state index in [1.165, 1.54) is 9.75 Å². The fraction of sp³-hybridized carbons (Fsp3) is 0.400. The summed E-state index contributed by atoms with van der Waals surface area (Å²) >= 11 is 3.34. The Kier molecular flexibility index (Phi) is 5.03. The Bertz CT molecular complexity index is 514. The molecule has 0 aliphatic carbocycles. The van der Waals surface area contributed by atoms with Crippen molar-refractivity contribution in [3.63, 3.8) is 0 Å². The van der Waals surface area contributed by atoms with Gasteiger partial charge in [0.25, 0.3) is 0 Å². The lowest BCUT2D eigenvalue weighted by molar-refractivity contribution is -0.122. The molecule has 1 atom stereocenters. The molecule has 2 aromatic rings. The molecular formula is C15H18N2O2S2. The van der Waals surface area contributed by atoms with Crippen LogP contribution in [-0.4, -0.2) is 31.7 Å². The van der Waals surface area contributed by atoms with E-state index in [-0.39, 0.29) is 18.0 Å². The number of amides is 1. The summed E-state index contributed by atoms with van der Waals surface area (Å²) in [6.45, 7) is 2.15. The topological polar surface area (TPSA) is 50.4 Å². The average Bonchev–Trinajstić information content (AvgIpc) is 3.19. The molecule has 1 fully saturated rings. The van der Waals surface area contributed by atoms with Crippen molar-refractivity contribution < 1.29 is 9.53 Å². The monoisotopic (exact) mass is 322 g/mol. The number of rotatable bonds is 5. The summed E-state index contributed by atoms with van der Waals surface area (Å²) in [6.07, 6.45) is 0.452. The first-order valence-electron chi connectivity index (χ1n) is 7.00. The zero-order valence-corrected chi connectivity index (χ0v) is 13.2. The second kappa shape index (κ2) is 7.17. The third-order valence-corrected chi connectivity index (χ3v) is 5.27. The Morgan fingerprint density at radius 2 is 2.05 bits per heavy atom. The van der Waals surface area contributed by atoms with Gasteiger partial charge in [0, 0.05) is 28.8 Å². The summed E-state index contributed by atoms with van der Waals surface area (Å²) in [5, 5.41) is 10.5. The van der Waals surface area contributed by atoms with Crippen molar-refractivity contribution in [2.45, 2.75) is 18.5 Å². The minimum absolute atomic E-state index is 0.0398. The first-order valence-corrected chi connectivity index (χ1v) is 8.76. The number of carbonyl (C=O) groups excluding carboxylic acids is 1. The normalized spacial score (nSPS) is 18.8. The van der Waals surface area contributed by atoms with E-state index < -0.39 is 0 Å². The van der Waals surface area contributed by atoms with Crippen molar-refractivity contribution in [1.82, 2.24) is 10.6 Å². The molecule has 1 unspecified atom stereocenters. The zero-order valence-electron chi connectivity index (χ0n) is 11.6. The molecule has 2 aromatic heterocycles. The first kappa shape index (κ1) is 14.7. The Hall–Kier alpha value is -1.21. The van der Waals surface area contributed by atoms with Crippen LogP contribution in [-0.2, 0) is 9.53 Å². The van der Waals surface area contributed by atoms with Crippen LogP contribution in [0.2, 0.25) is 0 Å². The van der Waals surface area contributed by atoms with Gasteiger partial charge in [-0.15, -0.1) is 22.7 Å². The van der Waals surface area contributed by atoms with Gasteiger partial charge in [-0.3, -0.25) is 4.79 Å². The van der Waals surface area contributed by atoms with Crippen LogP contribution >= 0.6 is 22.7 Å². The molecule has 0 bridgehead atoms. The number of morpholine rings is 1. The quantitative estimate of drug-likeness (QED) is 0.889. The van der Waals surface area contributed by atoms with Crippen LogP contribution in [0, 0.1) is 0 Å². The Morgan fingerprint density at radius 1 is 1.33 bits per heavy atom. The van der Waals surface area contributed by atoms with Crippen LogP contribution in [0.4, 0.5) is 0 Å². The predicted molar refractivity (Wildman–Crippen MR) is 85.9 cm³/mol. The lowest BCUT2D eigenvalue weighted by atomic mass is 10.1. The van der Waals surface area contributed by atoms with Crippen molar-refractivity contribution in [1.29, 1.82) is 0 Å². The highest BCUT2D eigenvalue weighted by Gasteiger charge is 2.22. The maximum atomic E-state index is 12.3. The van der Waals surface area contributed by atoms with Gasteiger partial charge >= 0.3 is 0 Å². The summed E-state index contributed by atoms with van der Waals surface area (Å²) in [4.78, 5) is 14.6. The van der Waals surface area contributed by atoms with Crippen LogP contribution in [0.3, 0.4) is 0 Å². The maximum absolute atomic E-state index is 12.3. The molecule has 2 N–H and O–H groups in total. The van der Waals surface area contributed by atoms with E-state index in [1.807, 2.05) is 22.9 Å². The second-order valence-electron chi connectivity index (χ2n) is 4.96. The van der Waals surface area contributed by atoms with Crippen molar-refractivity contribution >= 4 is 28.6 Å². The zero-order chi connectivity index (χ0) is 14.5. The molecule has 0 saturated carbocycles. The molecule has 112 valence electrons. The smallest absolute Gasteiger partial charge is 0.222 e. The summed E-state index contributed by atoms with van der Waals surface area (Å²) < 4.78 is 5.39.